The quantitative estimate of drug-likeness (QED) is 0.856. The third-order valence-corrected chi connectivity index (χ3v) is 2.98. The van der Waals surface area contributed by atoms with Gasteiger partial charge in [-0.15, -0.1) is 0 Å². The van der Waals surface area contributed by atoms with E-state index in [9.17, 15) is 0 Å². The number of pyridine rings is 1. The van der Waals surface area contributed by atoms with Crippen molar-refractivity contribution < 1.29 is 14.2 Å². The Kier molecular flexibility index (Phi) is 3.48. The summed E-state index contributed by atoms with van der Waals surface area (Å²) in [6, 6.07) is 3.58. The average molecular weight is 268 g/mol. The highest BCUT2D eigenvalue weighted by Crippen LogP contribution is 2.45. The summed E-state index contributed by atoms with van der Waals surface area (Å²) in [6.07, 6.45) is 0. The summed E-state index contributed by atoms with van der Waals surface area (Å²) in [4.78, 5) is 4.43. The van der Waals surface area contributed by atoms with Gasteiger partial charge in [-0.2, -0.15) is 0 Å². The van der Waals surface area contributed by atoms with Crippen molar-refractivity contribution in [1.29, 1.82) is 0 Å². The lowest BCUT2D eigenvalue weighted by Gasteiger charge is -2.15. The smallest absolute Gasteiger partial charge is 0.204 e. The molecule has 0 atom stereocenters. The maximum absolute atomic E-state index is 6.25. The molecule has 0 spiro atoms. The molecule has 0 fully saturated rings. The molecule has 5 heteroatoms. The van der Waals surface area contributed by atoms with Crippen molar-refractivity contribution in [2.45, 2.75) is 6.92 Å². The average Bonchev–Trinajstić information content (AvgIpc) is 2.35. The molecule has 0 saturated heterocycles. The molecule has 1 aromatic heterocycles. The van der Waals surface area contributed by atoms with Crippen LogP contribution in [0.5, 0.6) is 17.2 Å². The number of benzene rings is 1. The van der Waals surface area contributed by atoms with Crippen LogP contribution in [0.4, 0.5) is 0 Å². The Hall–Kier alpha value is -1.68. The third kappa shape index (κ3) is 1.93. The Morgan fingerprint density at radius 2 is 1.67 bits per heavy atom. The van der Waals surface area contributed by atoms with Gasteiger partial charge < -0.3 is 14.2 Å². The summed E-state index contributed by atoms with van der Waals surface area (Å²) in [5.74, 6) is 1.61. The molecule has 0 aliphatic heterocycles. The third-order valence-electron chi connectivity index (χ3n) is 2.68. The van der Waals surface area contributed by atoms with E-state index in [-0.39, 0.29) is 0 Å². The van der Waals surface area contributed by atoms with Gasteiger partial charge in [0.25, 0.3) is 0 Å². The molecule has 96 valence electrons. The Morgan fingerprint density at radius 3 is 2.22 bits per heavy atom. The van der Waals surface area contributed by atoms with E-state index in [4.69, 9.17) is 25.8 Å². The SMILES string of the molecule is COc1cc2nc(C)cc(Cl)c2c(OC)c1OC. The Bertz CT molecular complexity index is 599. The number of fused-ring (bicyclic) bond motifs is 1. The topological polar surface area (TPSA) is 40.6 Å². The number of methoxy groups -OCH3 is 3. The molecule has 4 nitrogen and oxygen atoms in total. The minimum atomic E-state index is 0.514. The molecular formula is C13H14ClNO3. The Labute approximate surface area is 110 Å². The van der Waals surface area contributed by atoms with Crippen molar-refractivity contribution in [3.05, 3.63) is 22.8 Å². The first-order valence-electron chi connectivity index (χ1n) is 5.38. The minimum absolute atomic E-state index is 0.514. The van der Waals surface area contributed by atoms with Crippen molar-refractivity contribution in [2.24, 2.45) is 0 Å². The normalized spacial score (nSPS) is 10.5. The van der Waals surface area contributed by atoms with E-state index in [2.05, 4.69) is 4.98 Å². The first kappa shape index (κ1) is 12.8. The maximum atomic E-state index is 6.25. The molecule has 2 aromatic rings. The number of nitrogens with zero attached hydrogens (tertiary/aromatic N) is 1. The zero-order valence-corrected chi connectivity index (χ0v) is 11.5. The van der Waals surface area contributed by atoms with E-state index in [1.54, 1.807) is 33.5 Å². The molecular weight excluding hydrogens is 254 g/mol. The van der Waals surface area contributed by atoms with Crippen molar-refractivity contribution >= 4 is 22.5 Å². The lowest BCUT2D eigenvalue weighted by molar-refractivity contribution is 0.327. The van der Waals surface area contributed by atoms with Crippen molar-refractivity contribution in [1.82, 2.24) is 4.98 Å². The molecule has 1 aromatic carbocycles. The highest BCUT2D eigenvalue weighted by molar-refractivity contribution is 6.36. The predicted molar refractivity (Wildman–Crippen MR) is 71.1 cm³/mol. The van der Waals surface area contributed by atoms with Crippen LogP contribution in [0.25, 0.3) is 10.9 Å². The number of rotatable bonds is 3. The molecule has 2 rings (SSSR count). The van der Waals surface area contributed by atoms with Crippen LogP contribution >= 0.6 is 11.6 Å². The summed E-state index contributed by atoms with van der Waals surface area (Å²) in [7, 11) is 4.69. The van der Waals surface area contributed by atoms with Crippen LogP contribution in [0.1, 0.15) is 5.69 Å². The van der Waals surface area contributed by atoms with Crippen LogP contribution in [0.15, 0.2) is 12.1 Å². The van der Waals surface area contributed by atoms with E-state index in [1.807, 2.05) is 6.92 Å². The van der Waals surface area contributed by atoms with Crippen LogP contribution in [0.2, 0.25) is 5.02 Å². The van der Waals surface area contributed by atoms with Gasteiger partial charge >= 0.3 is 0 Å². The van der Waals surface area contributed by atoms with Crippen molar-refractivity contribution in [2.75, 3.05) is 21.3 Å². The largest absolute Gasteiger partial charge is 0.493 e. The number of hydrogen-bond acceptors (Lipinski definition) is 4. The molecule has 0 aliphatic rings. The van der Waals surface area contributed by atoms with Gasteiger partial charge in [0.2, 0.25) is 5.75 Å². The summed E-state index contributed by atoms with van der Waals surface area (Å²) >= 11 is 6.25. The van der Waals surface area contributed by atoms with Gasteiger partial charge in [-0.3, -0.25) is 4.98 Å². The van der Waals surface area contributed by atoms with Gasteiger partial charge in [0.05, 0.1) is 37.3 Å². The van der Waals surface area contributed by atoms with Gasteiger partial charge in [-0.1, -0.05) is 11.6 Å². The number of hydrogen-bond donors (Lipinski definition) is 0. The predicted octanol–water partition coefficient (Wildman–Crippen LogP) is 3.22. The lowest BCUT2D eigenvalue weighted by Crippen LogP contribution is -1.97. The summed E-state index contributed by atoms with van der Waals surface area (Å²) in [5.41, 5.74) is 1.55. The summed E-state index contributed by atoms with van der Waals surface area (Å²) < 4.78 is 16.0. The Balaban J connectivity index is 2.92. The highest BCUT2D eigenvalue weighted by atomic mass is 35.5. The summed E-state index contributed by atoms with van der Waals surface area (Å²) in [6.45, 7) is 1.88. The second-order valence-electron chi connectivity index (χ2n) is 3.78. The monoisotopic (exact) mass is 267 g/mol. The van der Waals surface area contributed by atoms with E-state index in [1.165, 1.54) is 0 Å². The standard InChI is InChI=1S/C13H14ClNO3/c1-7-5-8(14)11-9(15-7)6-10(16-2)12(17-3)13(11)18-4/h5-6H,1-4H3. The van der Waals surface area contributed by atoms with E-state index in [0.29, 0.717) is 22.3 Å². The zero-order chi connectivity index (χ0) is 13.3. The molecule has 0 aliphatic carbocycles. The fourth-order valence-electron chi connectivity index (χ4n) is 1.94. The minimum Gasteiger partial charge on any atom is -0.493 e. The van der Waals surface area contributed by atoms with Gasteiger partial charge in [0.1, 0.15) is 0 Å². The first-order valence-corrected chi connectivity index (χ1v) is 5.76. The first-order chi connectivity index (χ1) is 8.62. The molecule has 0 unspecified atom stereocenters. The number of halogens is 1. The van der Waals surface area contributed by atoms with E-state index < -0.39 is 0 Å². The van der Waals surface area contributed by atoms with E-state index in [0.717, 1.165) is 16.6 Å². The zero-order valence-electron chi connectivity index (χ0n) is 10.7. The van der Waals surface area contributed by atoms with Gasteiger partial charge in [-0.05, 0) is 13.0 Å². The van der Waals surface area contributed by atoms with Gasteiger partial charge in [0, 0.05) is 11.8 Å². The van der Waals surface area contributed by atoms with Crippen LogP contribution in [-0.4, -0.2) is 26.3 Å². The van der Waals surface area contributed by atoms with Crippen LogP contribution in [-0.2, 0) is 0 Å². The molecule has 0 radical (unpaired) electrons. The van der Waals surface area contributed by atoms with Crippen molar-refractivity contribution in [3.8, 4) is 17.2 Å². The van der Waals surface area contributed by atoms with Crippen molar-refractivity contribution in [3.63, 3.8) is 0 Å². The highest BCUT2D eigenvalue weighted by Gasteiger charge is 2.18. The molecule has 0 N–H and O–H groups in total. The second-order valence-corrected chi connectivity index (χ2v) is 4.19. The lowest BCUT2D eigenvalue weighted by atomic mass is 10.1. The Morgan fingerprint density at radius 1 is 1.00 bits per heavy atom. The fraction of sp³-hybridized carbons (Fsp3) is 0.308. The maximum Gasteiger partial charge on any atom is 0.204 e. The number of ether oxygens (including phenoxy) is 3. The molecule has 0 saturated carbocycles. The molecule has 1 heterocycles. The molecule has 18 heavy (non-hydrogen) atoms. The number of aromatic nitrogens is 1. The van der Waals surface area contributed by atoms with E-state index >= 15 is 0 Å². The number of aryl methyl sites for hydroxylation is 1. The fourth-order valence-corrected chi connectivity index (χ4v) is 2.28. The van der Waals surface area contributed by atoms with Crippen LogP contribution < -0.4 is 14.2 Å². The van der Waals surface area contributed by atoms with Crippen LogP contribution in [0.3, 0.4) is 0 Å². The molecule has 0 amide bonds. The van der Waals surface area contributed by atoms with Crippen LogP contribution in [0, 0.1) is 6.92 Å². The molecule has 0 bridgehead atoms. The summed E-state index contributed by atoms with van der Waals surface area (Å²) in [5, 5.41) is 1.30. The van der Waals surface area contributed by atoms with Gasteiger partial charge in [0.15, 0.2) is 11.5 Å². The van der Waals surface area contributed by atoms with Gasteiger partial charge in [-0.25, -0.2) is 0 Å². The second kappa shape index (κ2) is 4.90.